The number of hydrogen-bond acceptors (Lipinski definition) is 3. The van der Waals surface area contributed by atoms with Gasteiger partial charge < -0.3 is 15.7 Å². The van der Waals surface area contributed by atoms with Crippen molar-refractivity contribution in [3.05, 3.63) is 29.8 Å². The molecule has 4 heteroatoms. The van der Waals surface area contributed by atoms with Crippen LogP contribution in [0.1, 0.15) is 82.2 Å². The van der Waals surface area contributed by atoms with Gasteiger partial charge in [-0.3, -0.25) is 4.79 Å². The predicted octanol–water partition coefficient (Wildman–Crippen LogP) is 4.19. The maximum Gasteiger partial charge on any atom is 0.222 e. The SMILES string of the molecule is O=C(C[C@H](NC1CCCCC1)c1ccccc1O)NC1CCCCC1. The first-order valence-corrected chi connectivity index (χ1v) is 10.1. The third kappa shape index (κ3) is 5.46. The Kier molecular flexibility index (Phi) is 6.74. The first kappa shape index (κ1) is 18.2. The highest BCUT2D eigenvalue weighted by Crippen LogP contribution is 2.29. The van der Waals surface area contributed by atoms with Crippen molar-refractivity contribution < 1.29 is 9.90 Å². The number of benzene rings is 1. The second-order valence-electron chi connectivity index (χ2n) is 7.72. The quantitative estimate of drug-likeness (QED) is 0.725. The van der Waals surface area contributed by atoms with E-state index in [0.29, 0.717) is 18.5 Å². The minimum absolute atomic E-state index is 0.100. The van der Waals surface area contributed by atoms with Crippen LogP contribution in [0.2, 0.25) is 0 Å². The van der Waals surface area contributed by atoms with Crippen LogP contribution in [0.3, 0.4) is 0 Å². The monoisotopic (exact) mass is 344 g/mol. The van der Waals surface area contributed by atoms with E-state index in [1.165, 1.54) is 38.5 Å². The molecule has 138 valence electrons. The number of nitrogens with one attached hydrogen (secondary N) is 2. The molecule has 2 aliphatic carbocycles. The number of para-hydroxylation sites is 1. The van der Waals surface area contributed by atoms with Crippen molar-refractivity contribution in [2.75, 3.05) is 0 Å². The van der Waals surface area contributed by atoms with Gasteiger partial charge in [-0.1, -0.05) is 56.7 Å². The van der Waals surface area contributed by atoms with Crippen LogP contribution < -0.4 is 10.6 Å². The zero-order valence-corrected chi connectivity index (χ0v) is 15.2. The van der Waals surface area contributed by atoms with Gasteiger partial charge in [0.2, 0.25) is 5.91 Å². The summed E-state index contributed by atoms with van der Waals surface area (Å²) >= 11 is 0. The van der Waals surface area contributed by atoms with Crippen molar-refractivity contribution in [3.63, 3.8) is 0 Å². The van der Waals surface area contributed by atoms with Gasteiger partial charge in [-0.25, -0.2) is 0 Å². The molecular formula is C21H32N2O2. The van der Waals surface area contributed by atoms with Crippen LogP contribution in [-0.2, 0) is 4.79 Å². The van der Waals surface area contributed by atoms with Crippen LogP contribution in [0.15, 0.2) is 24.3 Å². The van der Waals surface area contributed by atoms with Crippen molar-refractivity contribution >= 4 is 5.91 Å². The average Bonchev–Trinajstić information content (AvgIpc) is 2.63. The summed E-state index contributed by atoms with van der Waals surface area (Å²) in [6.45, 7) is 0. The fraction of sp³-hybridized carbons (Fsp3) is 0.667. The number of amides is 1. The summed E-state index contributed by atoms with van der Waals surface area (Å²) in [4.78, 5) is 12.6. The Balaban J connectivity index is 1.64. The van der Waals surface area contributed by atoms with Crippen LogP contribution in [-0.4, -0.2) is 23.1 Å². The number of hydrogen-bond donors (Lipinski definition) is 3. The van der Waals surface area contributed by atoms with Crippen LogP contribution in [0.25, 0.3) is 0 Å². The lowest BCUT2D eigenvalue weighted by molar-refractivity contribution is -0.122. The van der Waals surface area contributed by atoms with Crippen LogP contribution in [0.5, 0.6) is 5.75 Å². The zero-order valence-electron chi connectivity index (χ0n) is 15.2. The van der Waals surface area contributed by atoms with Crippen molar-refractivity contribution in [2.24, 2.45) is 0 Å². The van der Waals surface area contributed by atoms with Crippen LogP contribution in [0.4, 0.5) is 0 Å². The molecule has 0 radical (unpaired) electrons. The van der Waals surface area contributed by atoms with E-state index in [0.717, 1.165) is 31.2 Å². The molecule has 2 fully saturated rings. The number of aromatic hydroxyl groups is 1. The summed E-state index contributed by atoms with van der Waals surface area (Å²) in [5, 5.41) is 17.1. The topological polar surface area (TPSA) is 61.4 Å². The molecule has 0 aromatic heterocycles. The molecule has 2 aliphatic rings. The third-order valence-electron chi connectivity index (χ3n) is 5.71. The molecule has 2 saturated carbocycles. The highest BCUT2D eigenvalue weighted by molar-refractivity contribution is 5.77. The van der Waals surface area contributed by atoms with E-state index in [1.54, 1.807) is 6.07 Å². The maximum absolute atomic E-state index is 12.6. The van der Waals surface area contributed by atoms with E-state index in [-0.39, 0.29) is 17.7 Å². The smallest absolute Gasteiger partial charge is 0.222 e. The Labute approximate surface area is 151 Å². The normalized spacial score (nSPS) is 21.0. The van der Waals surface area contributed by atoms with Crippen LogP contribution in [0, 0.1) is 0 Å². The van der Waals surface area contributed by atoms with E-state index >= 15 is 0 Å². The fourth-order valence-corrected chi connectivity index (χ4v) is 4.31. The van der Waals surface area contributed by atoms with E-state index in [1.807, 2.05) is 18.2 Å². The molecule has 0 heterocycles. The third-order valence-corrected chi connectivity index (χ3v) is 5.71. The molecule has 3 N–H and O–H groups in total. The van der Waals surface area contributed by atoms with E-state index in [2.05, 4.69) is 10.6 Å². The predicted molar refractivity (Wildman–Crippen MR) is 100 cm³/mol. The van der Waals surface area contributed by atoms with Crippen molar-refractivity contribution in [1.29, 1.82) is 0 Å². The lowest BCUT2D eigenvalue weighted by Gasteiger charge is -2.30. The minimum atomic E-state index is -0.118. The summed E-state index contributed by atoms with van der Waals surface area (Å²) < 4.78 is 0. The standard InChI is InChI=1S/C21H32N2O2/c24-20-14-8-7-13-18(20)19(22-16-9-3-1-4-10-16)15-21(25)23-17-11-5-2-6-12-17/h7-8,13-14,16-17,19,22,24H,1-6,9-12,15H2,(H,23,25)/t19-/m0/s1. The molecule has 1 atom stereocenters. The van der Waals surface area contributed by atoms with Gasteiger partial charge in [0.1, 0.15) is 5.75 Å². The van der Waals surface area contributed by atoms with Gasteiger partial charge in [0.15, 0.2) is 0 Å². The molecule has 1 aromatic rings. The minimum Gasteiger partial charge on any atom is -0.508 e. The molecule has 0 unspecified atom stereocenters. The first-order chi connectivity index (χ1) is 12.2. The molecular weight excluding hydrogens is 312 g/mol. The number of carbonyl (C=O) groups is 1. The molecule has 1 amide bonds. The average molecular weight is 344 g/mol. The molecule has 25 heavy (non-hydrogen) atoms. The van der Waals surface area contributed by atoms with Crippen LogP contribution >= 0.6 is 0 Å². The second kappa shape index (κ2) is 9.23. The van der Waals surface area contributed by atoms with Gasteiger partial charge in [0, 0.05) is 30.1 Å². The Morgan fingerprint density at radius 1 is 0.960 bits per heavy atom. The van der Waals surface area contributed by atoms with Gasteiger partial charge in [-0.05, 0) is 31.7 Å². The Hall–Kier alpha value is -1.55. The fourth-order valence-electron chi connectivity index (χ4n) is 4.31. The van der Waals surface area contributed by atoms with Gasteiger partial charge in [-0.15, -0.1) is 0 Å². The Bertz CT molecular complexity index is 549. The van der Waals surface area contributed by atoms with Crippen molar-refractivity contribution in [1.82, 2.24) is 10.6 Å². The molecule has 0 saturated heterocycles. The molecule has 0 spiro atoms. The van der Waals surface area contributed by atoms with Gasteiger partial charge in [-0.2, -0.15) is 0 Å². The summed E-state index contributed by atoms with van der Waals surface area (Å²) in [6.07, 6.45) is 12.4. The maximum atomic E-state index is 12.6. The number of carbonyl (C=O) groups excluding carboxylic acids is 1. The summed E-state index contributed by atoms with van der Waals surface area (Å²) in [6, 6.07) is 8.07. The number of phenolic OH excluding ortho intramolecular Hbond substituents is 1. The zero-order chi connectivity index (χ0) is 17.5. The molecule has 0 aliphatic heterocycles. The van der Waals surface area contributed by atoms with Crippen molar-refractivity contribution in [2.45, 2.75) is 88.8 Å². The molecule has 0 bridgehead atoms. The molecule has 1 aromatic carbocycles. The first-order valence-electron chi connectivity index (χ1n) is 10.1. The largest absolute Gasteiger partial charge is 0.508 e. The lowest BCUT2D eigenvalue weighted by Crippen LogP contribution is -2.40. The van der Waals surface area contributed by atoms with Gasteiger partial charge in [0.25, 0.3) is 0 Å². The summed E-state index contributed by atoms with van der Waals surface area (Å²) in [7, 11) is 0. The van der Waals surface area contributed by atoms with Gasteiger partial charge in [0.05, 0.1) is 0 Å². The second-order valence-corrected chi connectivity index (χ2v) is 7.72. The van der Waals surface area contributed by atoms with E-state index < -0.39 is 0 Å². The van der Waals surface area contributed by atoms with E-state index in [4.69, 9.17) is 0 Å². The number of phenols is 1. The highest BCUT2D eigenvalue weighted by atomic mass is 16.3. The van der Waals surface area contributed by atoms with Gasteiger partial charge >= 0.3 is 0 Å². The highest BCUT2D eigenvalue weighted by Gasteiger charge is 2.24. The Morgan fingerprint density at radius 2 is 1.56 bits per heavy atom. The summed E-state index contributed by atoms with van der Waals surface area (Å²) in [5.74, 6) is 0.379. The Morgan fingerprint density at radius 3 is 2.20 bits per heavy atom. The molecule has 3 rings (SSSR count). The summed E-state index contributed by atoms with van der Waals surface area (Å²) in [5.41, 5.74) is 0.840. The number of rotatable bonds is 6. The molecule has 4 nitrogen and oxygen atoms in total. The lowest BCUT2D eigenvalue weighted by atomic mass is 9.92. The van der Waals surface area contributed by atoms with Crippen molar-refractivity contribution in [3.8, 4) is 5.75 Å². The van der Waals surface area contributed by atoms with E-state index in [9.17, 15) is 9.90 Å².